The highest BCUT2D eigenvalue weighted by atomic mass is 16.3. The van der Waals surface area contributed by atoms with Crippen molar-refractivity contribution < 1.29 is 10.8 Å². The van der Waals surface area contributed by atoms with Crippen LogP contribution in [0.4, 0.5) is 0 Å². The van der Waals surface area contributed by atoms with Crippen molar-refractivity contribution in [3.8, 4) is 5.75 Å². The van der Waals surface area contributed by atoms with Gasteiger partial charge >= 0.3 is 0 Å². The van der Waals surface area contributed by atoms with Crippen LogP contribution in [0, 0.1) is 6.92 Å². The first-order valence-electron chi connectivity index (χ1n) is 4.75. The van der Waals surface area contributed by atoms with Crippen LogP contribution < -0.4 is 5.73 Å². The van der Waals surface area contributed by atoms with E-state index >= 15 is 0 Å². The molecule has 1 atom stereocenters. The number of rotatable bonds is 3. The van der Waals surface area contributed by atoms with Crippen LogP contribution in [0.5, 0.6) is 5.75 Å². The third-order valence-corrected chi connectivity index (χ3v) is 2.38. The number of hydrogen-bond acceptors (Lipinski definition) is 1. The average molecular weight is 180 g/mol. The van der Waals surface area contributed by atoms with Gasteiger partial charge in [-0.3, -0.25) is 0 Å². The molecule has 0 saturated carbocycles. The molecule has 0 saturated heterocycles. The van der Waals surface area contributed by atoms with Crippen LogP contribution in [-0.2, 0) is 6.42 Å². The average Bonchev–Trinajstić information content (AvgIpc) is 2.11. The molecule has 1 rings (SSSR count). The first-order chi connectivity index (χ1) is 6.13. The van der Waals surface area contributed by atoms with E-state index in [4.69, 9.17) is 0 Å². The van der Waals surface area contributed by atoms with Crippen molar-refractivity contribution in [1.29, 1.82) is 0 Å². The fourth-order valence-corrected chi connectivity index (χ4v) is 1.26. The van der Waals surface area contributed by atoms with Crippen LogP contribution in [0.3, 0.4) is 0 Å². The molecule has 0 aliphatic heterocycles. The third kappa shape index (κ3) is 2.74. The van der Waals surface area contributed by atoms with Gasteiger partial charge in [0, 0.05) is 6.42 Å². The molecule has 0 spiro atoms. The molecule has 0 bridgehead atoms. The molecule has 0 unspecified atom stereocenters. The lowest BCUT2D eigenvalue weighted by molar-refractivity contribution is -0.419. The quantitative estimate of drug-likeness (QED) is 0.723. The highest BCUT2D eigenvalue weighted by molar-refractivity contribution is 5.35. The van der Waals surface area contributed by atoms with Gasteiger partial charge in [0.2, 0.25) is 0 Å². The Balaban J connectivity index is 2.73. The maximum atomic E-state index is 9.47. The van der Waals surface area contributed by atoms with Gasteiger partial charge in [0.1, 0.15) is 5.75 Å². The molecule has 72 valence electrons. The first kappa shape index (κ1) is 10.1. The topological polar surface area (TPSA) is 47.9 Å². The van der Waals surface area contributed by atoms with Gasteiger partial charge in [-0.1, -0.05) is 19.1 Å². The zero-order valence-corrected chi connectivity index (χ0v) is 8.38. The van der Waals surface area contributed by atoms with E-state index in [2.05, 4.69) is 18.7 Å². The molecule has 1 aromatic carbocycles. The first-order valence-corrected chi connectivity index (χ1v) is 4.75. The molecule has 0 amide bonds. The van der Waals surface area contributed by atoms with Gasteiger partial charge in [-0.2, -0.15) is 0 Å². The largest absolute Gasteiger partial charge is 0.508 e. The lowest BCUT2D eigenvalue weighted by atomic mass is 10.0. The maximum absolute atomic E-state index is 9.47. The minimum atomic E-state index is 0.390. The second-order valence-electron chi connectivity index (χ2n) is 3.60. The fraction of sp³-hybridized carbons (Fsp3) is 0.455. The molecule has 0 aliphatic carbocycles. The Labute approximate surface area is 79.4 Å². The summed E-state index contributed by atoms with van der Waals surface area (Å²) in [7, 11) is 0. The van der Waals surface area contributed by atoms with E-state index in [1.807, 2.05) is 19.1 Å². The van der Waals surface area contributed by atoms with E-state index in [1.54, 1.807) is 0 Å². The Kier molecular flexibility index (Phi) is 3.32. The number of aromatic hydroxyl groups is 1. The molecule has 0 heterocycles. The molecule has 0 radical (unpaired) electrons. The molecule has 2 heteroatoms. The smallest absolute Gasteiger partial charge is 0.118 e. The van der Waals surface area contributed by atoms with Crippen LogP contribution >= 0.6 is 0 Å². The molecule has 1 aromatic rings. The van der Waals surface area contributed by atoms with E-state index in [9.17, 15) is 5.11 Å². The van der Waals surface area contributed by atoms with Crippen molar-refractivity contribution in [3.05, 3.63) is 29.3 Å². The monoisotopic (exact) mass is 180 g/mol. The van der Waals surface area contributed by atoms with Crippen LogP contribution in [0.2, 0.25) is 0 Å². The minimum absolute atomic E-state index is 0.390. The standard InChI is InChI=1S/C11H17NO/c1-3-10(12)6-9-5-4-8(2)11(13)7-9/h4-5,7,10,13H,3,6,12H2,1-2H3/p+1/t10-/m1/s1. The van der Waals surface area contributed by atoms with Crippen molar-refractivity contribution in [2.75, 3.05) is 0 Å². The molecular formula is C11H18NO+. The van der Waals surface area contributed by atoms with Gasteiger partial charge < -0.3 is 10.8 Å². The Bertz CT molecular complexity index is 283. The van der Waals surface area contributed by atoms with Gasteiger partial charge in [0.25, 0.3) is 0 Å². The molecule has 2 nitrogen and oxygen atoms in total. The number of benzene rings is 1. The lowest BCUT2D eigenvalue weighted by Gasteiger charge is -2.06. The Morgan fingerprint density at radius 1 is 1.46 bits per heavy atom. The summed E-state index contributed by atoms with van der Waals surface area (Å²) in [4.78, 5) is 0. The van der Waals surface area contributed by atoms with E-state index in [-0.39, 0.29) is 0 Å². The summed E-state index contributed by atoms with van der Waals surface area (Å²) in [6.07, 6.45) is 2.03. The number of quaternary nitrogens is 1. The third-order valence-electron chi connectivity index (χ3n) is 2.38. The van der Waals surface area contributed by atoms with Crippen molar-refractivity contribution in [1.82, 2.24) is 0 Å². The summed E-state index contributed by atoms with van der Waals surface area (Å²) in [6, 6.07) is 6.29. The zero-order chi connectivity index (χ0) is 9.84. The van der Waals surface area contributed by atoms with E-state index in [0.717, 1.165) is 18.4 Å². The fourth-order valence-electron chi connectivity index (χ4n) is 1.26. The molecule has 0 fully saturated rings. The van der Waals surface area contributed by atoms with Gasteiger partial charge in [-0.25, -0.2) is 0 Å². The lowest BCUT2D eigenvalue weighted by Crippen LogP contribution is -2.61. The number of phenolic OH excluding ortho intramolecular Hbond substituents is 1. The summed E-state index contributed by atoms with van der Waals surface area (Å²) >= 11 is 0. The zero-order valence-electron chi connectivity index (χ0n) is 8.38. The predicted molar refractivity (Wildman–Crippen MR) is 53.5 cm³/mol. The molecule has 13 heavy (non-hydrogen) atoms. The van der Waals surface area contributed by atoms with Crippen molar-refractivity contribution in [3.63, 3.8) is 0 Å². The Morgan fingerprint density at radius 2 is 2.15 bits per heavy atom. The van der Waals surface area contributed by atoms with Gasteiger partial charge in [0.15, 0.2) is 0 Å². The summed E-state index contributed by atoms with van der Waals surface area (Å²) in [5.41, 5.74) is 6.12. The molecular weight excluding hydrogens is 162 g/mol. The molecule has 4 N–H and O–H groups in total. The van der Waals surface area contributed by atoms with Gasteiger partial charge in [-0.05, 0) is 30.5 Å². The minimum Gasteiger partial charge on any atom is -0.508 e. The van der Waals surface area contributed by atoms with E-state index in [1.165, 1.54) is 5.56 Å². The van der Waals surface area contributed by atoms with Crippen molar-refractivity contribution >= 4 is 0 Å². The van der Waals surface area contributed by atoms with Gasteiger partial charge in [-0.15, -0.1) is 0 Å². The van der Waals surface area contributed by atoms with Crippen LogP contribution in [0.25, 0.3) is 0 Å². The number of phenols is 1. The molecule has 0 aliphatic rings. The van der Waals surface area contributed by atoms with Crippen LogP contribution in [0.1, 0.15) is 24.5 Å². The highest BCUT2D eigenvalue weighted by Gasteiger charge is 2.05. The SMILES string of the molecule is CC[C@@H]([NH3+])Cc1ccc(C)c(O)c1. The van der Waals surface area contributed by atoms with E-state index < -0.39 is 0 Å². The van der Waals surface area contributed by atoms with E-state index in [0.29, 0.717) is 11.8 Å². The highest BCUT2D eigenvalue weighted by Crippen LogP contribution is 2.18. The van der Waals surface area contributed by atoms with Crippen molar-refractivity contribution in [2.24, 2.45) is 0 Å². The normalized spacial score (nSPS) is 12.8. The Hall–Kier alpha value is -1.02. The molecule has 0 aromatic heterocycles. The second-order valence-corrected chi connectivity index (χ2v) is 3.60. The predicted octanol–water partition coefficient (Wildman–Crippen LogP) is 1.26. The maximum Gasteiger partial charge on any atom is 0.118 e. The van der Waals surface area contributed by atoms with Crippen LogP contribution in [0.15, 0.2) is 18.2 Å². The summed E-state index contributed by atoms with van der Waals surface area (Å²) in [6.45, 7) is 4.03. The van der Waals surface area contributed by atoms with Gasteiger partial charge in [0.05, 0.1) is 6.04 Å². The summed E-state index contributed by atoms with van der Waals surface area (Å²) < 4.78 is 0. The summed E-state index contributed by atoms with van der Waals surface area (Å²) in [5, 5.41) is 9.47. The number of aryl methyl sites for hydroxylation is 1. The number of hydrogen-bond donors (Lipinski definition) is 2. The Morgan fingerprint density at radius 3 is 2.69 bits per heavy atom. The summed E-state index contributed by atoms with van der Waals surface area (Å²) in [5.74, 6) is 0.390. The van der Waals surface area contributed by atoms with Crippen LogP contribution in [-0.4, -0.2) is 11.1 Å². The van der Waals surface area contributed by atoms with Crippen molar-refractivity contribution in [2.45, 2.75) is 32.7 Å². The second kappa shape index (κ2) is 4.28.